The summed E-state index contributed by atoms with van der Waals surface area (Å²) in [5.41, 5.74) is 4.61. The van der Waals surface area contributed by atoms with Crippen LogP contribution < -0.4 is 0 Å². The lowest BCUT2D eigenvalue weighted by atomic mass is 9.97. The zero-order valence-corrected chi connectivity index (χ0v) is 11.0. The van der Waals surface area contributed by atoms with E-state index in [1.807, 2.05) is 60.9 Å². The maximum Gasteiger partial charge on any atom is 0.0406 e. The Balaban J connectivity index is 2.15. The fourth-order valence-electron chi connectivity index (χ4n) is 2.12. The largest absolute Gasteiger partial charge is 0.264 e. The second kappa shape index (κ2) is 5.25. The third kappa shape index (κ3) is 2.51. The molecular weight excluding hydrogens is 254 g/mol. The molecule has 2 aromatic carbocycles. The quantitative estimate of drug-likeness (QED) is 0.630. The Hall–Kier alpha value is -2.12. The van der Waals surface area contributed by atoms with Crippen molar-refractivity contribution in [2.24, 2.45) is 0 Å². The first-order valence-corrected chi connectivity index (χ1v) is 6.48. The molecule has 2 heteroatoms. The molecule has 92 valence electrons. The first-order valence-electron chi connectivity index (χ1n) is 6.10. The van der Waals surface area contributed by atoms with Crippen molar-refractivity contribution in [2.75, 3.05) is 0 Å². The lowest BCUT2D eigenvalue weighted by Crippen LogP contribution is -1.86. The molecule has 0 aliphatic rings. The summed E-state index contributed by atoms with van der Waals surface area (Å²) in [5, 5.41) is 0.744. The fraction of sp³-hybridized carbons (Fsp3) is 0. The van der Waals surface area contributed by atoms with Gasteiger partial charge in [-0.25, -0.2) is 0 Å². The monoisotopic (exact) mass is 265 g/mol. The second-order valence-electron chi connectivity index (χ2n) is 4.29. The van der Waals surface area contributed by atoms with Crippen LogP contribution in [0.15, 0.2) is 73.1 Å². The number of rotatable bonds is 2. The average molecular weight is 266 g/mol. The highest BCUT2D eigenvalue weighted by atomic mass is 35.5. The highest BCUT2D eigenvalue weighted by Gasteiger charge is 2.06. The molecule has 0 saturated carbocycles. The molecular formula is C17H12ClN. The Morgan fingerprint density at radius 2 is 1.37 bits per heavy atom. The molecule has 0 bridgehead atoms. The van der Waals surface area contributed by atoms with E-state index in [4.69, 9.17) is 11.6 Å². The molecule has 0 aliphatic heterocycles. The zero-order chi connectivity index (χ0) is 13.1. The second-order valence-corrected chi connectivity index (χ2v) is 4.73. The molecule has 0 N–H and O–H groups in total. The van der Waals surface area contributed by atoms with Crippen LogP contribution >= 0.6 is 11.6 Å². The molecule has 1 heterocycles. The van der Waals surface area contributed by atoms with E-state index in [0.29, 0.717) is 0 Å². The van der Waals surface area contributed by atoms with Gasteiger partial charge in [-0.05, 0) is 34.9 Å². The molecule has 0 saturated heterocycles. The lowest BCUT2D eigenvalue weighted by molar-refractivity contribution is 1.33. The predicted octanol–water partition coefficient (Wildman–Crippen LogP) is 5.07. The number of hydrogen-bond donors (Lipinski definition) is 0. The van der Waals surface area contributed by atoms with Gasteiger partial charge in [-0.2, -0.15) is 0 Å². The van der Waals surface area contributed by atoms with Crippen molar-refractivity contribution in [3.05, 3.63) is 78.1 Å². The van der Waals surface area contributed by atoms with Crippen LogP contribution in [-0.2, 0) is 0 Å². The summed E-state index contributed by atoms with van der Waals surface area (Å²) in [5.74, 6) is 0. The molecule has 3 rings (SSSR count). The van der Waals surface area contributed by atoms with Crippen LogP contribution in [0.1, 0.15) is 0 Å². The van der Waals surface area contributed by atoms with Crippen LogP contribution in [-0.4, -0.2) is 4.98 Å². The molecule has 1 aromatic heterocycles. The van der Waals surface area contributed by atoms with Gasteiger partial charge < -0.3 is 0 Å². The number of benzene rings is 2. The van der Waals surface area contributed by atoms with Gasteiger partial charge in [-0.1, -0.05) is 54.1 Å². The van der Waals surface area contributed by atoms with Crippen molar-refractivity contribution in [3.8, 4) is 22.3 Å². The number of halogens is 1. The van der Waals surface area contributed by atoms with Gasteiger partial charge in [0.25, 0.3) is 0 Å². The van der Waals surface area contributed by atoms with E-state index in [1.54, 1.807) is 0 Å². The molecule has 0 amide bonds. The minimum absolute atomic E-state index is 0.744. The zero-order valence-electron chi connectivity index (χ0n) is 10.3. The number of nitrogens with zero attached hydrogens (tertiary/aromatic N) is 1. The SMILES string of the molecule is Clc1ccc(-c2cnccc2-c2ccccc2)cc1. The van der Waals surface area contributed by atoms with Crippen LogP contribution in [0, 0.1) is 0 Å². The van der Waals surface area contributed by atoms with Crippen LogP contribution in [0.25, 0.3) is 22.3 Å². The van der Waals surface area contributed by atoms with Crippen molar-refractivity contribution in [1.29, 1.82) is 0 Å². The summed E-state index contributed by atoms with van der Waals surface area (Å²) < 4.78 is 0. The molecule has 1 nitrogen and oxygen atoms in total. The third-order valence-electron chi connectivity index (χ3n) is 3.06. The molecule has 0 radical (unpaired) electrons. The molecule has 0 spiro atoms. The van der Waals surface area contributed by atoms with Crippen molar-refractivity contribution >= 4 is 11.6 Å². The Kier molecular flexibility index (Phi) is 3.30. The summed E-state index contributed by atoms with van der Waals surface area (Å²) in [6, 6.07) is 20.2. The van der Waals surface area contributed by atoms with E-state index in [0.717, 1.165) is 16.1 Å². The normalized spacial score (nSPS) is 10.4. The van der Waals surface area contributed by atoms with Crippen molar-refractivity contribution < 1.29 is 0 Å². The van der Waals surface area contributed by atoms with E-state index in [-0.39, 0.29) is 0 Å². The number of hydrogen-bond acceptors (Lipinski definition) is 1. The van der Waals surface area contributed by atoms with E-state index < -0.39 is 0 Å². The predicted molar refractivity (Wildman–Crippen MR) is 80.1 cm³/mol. The molecule has 19 heavy (non-hydrogen) atoms. The fourth-order valence-corrected chi connectivity index (χ4v) is 2.25. The standard InChI is InChI=1S/C17H12ClN/c18-15-8-6-14(7-9-15)17-12-19-11-10-16(17)13-4-2-1-3-5-13/h1-12H. The molecule has 0 atom stereocenters. The molecule has 0 unspecified atom stereocenters. The summed E-state index contributed by atoms with van der Waals surface area (Å²) >= 11 is 5.94. The topological polar surface area (TPSA) is 12.9 Å². The van der Waals surface area contributed by atoms with E-state index in [9.17, 15) is 0 Å². The van der Waals surface area contributed by atoms with Crippen molar-refractivity contribution in [1.82, 2.24) is 4.98 Å². The summed E-state index contributed by atoms with van der Waals surface area (Å²) in [6.07, 6.45) is 3.72. The summed E-state index contributed by atoms with van der Waals surface area (Å²) in [6.45, 7) is 0. The van der Waals surface area contributed by atoms with Gasteiger partial charge in [0, 0.05) is 23.0 Å². The van der Waals surface area contributed by atoms with E-state index in [1.165, 1.54) is 11.1 Å². The first-order chi connectivity index (χ1) is 9.34. The van der Waals surface area contributed by atoms with E-state index in [2.05, 4.69) is 17.1 Å². The molecule has 0 fully saturated rings. The average Bonchev–Trinajstić information content (AvgIpc) is 2.49. The number of aromatic nitrogens is 1. The van der Waals surface area contributed by atoms with Crippen molar-refractivity contribution in [3.63, 3.8) is 0 Å². The minimum atomic E-state index is 0.744. The van der Waals surface area contributed by atoms with Crippen LogP contribution in [0.4, 0.5) is 0 Å². The molecule has 0 aliphatic carbocycles. The summed E-state index contributed by atoms with van der Waals surface area (Å²) in [7, 11) is 0. The van der Waals surface area contributed by atoms with Gasteiger partial charge in [-0.15, -0.1) is 0 Å². The first kappa shape index (κ1) is 11.9. The molecule has 3 aromatic rings. The Morgan fingerprint density at radius 3 is 2.11 bits per heavy atom. The van der Waals surface area contributed by atoms with Gasteiger partial charge in [-0.3, -0.25) is 4.98 Å². The maximum atomic E-state index is 5.94. The van der Waals surface area contributed by atoms with Crippen LogP contribution in [0.2, 0.25) is 5.02 Å². The number of pyridine rings is 1. The van der Waals surface area contributed by atoms with E-state index >= 15 is 0 Å². The highest BCUT2D eigenvalue weighted by molar-refractivity contribution is 6.30. The smallest absolute Gasteiger partial charge is 0.0406 e. The summed E-state index contributed by atoms with van der Waals surface area (Å²) in [4.78, 5) is 4.24. The lowest BCUT2D eigenvalue weighted by Gasteiger charge is -2.09. The Morgan fingerprint density at radius 1 is 0.684 bits per heavy atom. The van der Waals surface area contributed by atoms with Gasteiger partial charge in [0.1, 0.15) is 0 Å². The van der Waals surface area contributed by atoms with Crippen LogP contribution in [0.5, 0.6) is 0 Å². The maximum absolute atomic E-state index is 5.94. The van der Waals surface area contributed by atoms with Gasteiger partial charge in [0.15, 0.2) is 0 Å². The third-order valence-corrected chi connectivity index (χ3v) is 3.31. The minimum Gasteiger partial charge on any atom is -0.264 e. The Bertz CT molecular complexity index is 675. The Labute approximate surface area is 117 Å². The van der Waals surface area contributed by atoms with Crippen molar-refractivity contribution in [2.45, 2.75) is 0 Å². The highest BCUT2D eigenvalue weighted by Crippen LogP contribution is 2.31. The van der Waals surface area contributed by atoms with Gasteiger partial charge >= 0.3 is 0 Å². The van der Waals surface area contributed by atoms with Crippen LogP contribution in [0.3, 0.4) is 0 Å². The van der Waals surface area contributed by atoms with Gasteiger partial charge in [0.05, 0.1) is 0 Å². The van der Waals surface area contributed by atoms with Gasteiger partial charge in [0.2, 0.25) is 0 Å².